The first-order valence-electron chi connectivity index (χ1n) is 11.5. The second-order valence-corrected chi connectivity index (χ2v) is 9.02. The van der Waals surface area contributed by atoms with Gasteiger partial charge in [-0.1, -0.05) is 12.8 Å². The first-order valence-corrected chi connectivity index (χ1v) is 11.5. The molecule has 0 bridgehead atoms. The van der Waals surface area contributed by atoms with Gasteiger partial charge in [0, 0.05) is 64.3 Å². The number of nitrogens with zero attached hydrogens (tertiary/aromatic N) is 5. The minimum atomic E-state index is -1.34. The minimum absolute atomic E-state index is 0.174. The third-order valence-corrected chi connectivity index (χ3v) is 6.62. The predicted octanol–water partition coefficient (Wildman–Crippen LogP) is 2.11. The molecule has 5 rings (SSSR count). The SMILES string of the molecule is CN(C)C(=O)C1(Nc2ccc(N3CCNCC3)cn2)N=Cc2ccn(C3CCCC3)c2N1. The Morgan fingerprint density at radius 2 is 1.97 bits per heavy atom. The van der Waals surface area contributed by atoms with Crippen LogP contribution in [-0.2, 0) is 4.79 Å². The molecule has 170 valence electrons. The van der Waals surface area contributed by atoms with Crippen molar-refractivity contribution >= 4 is 29.4 Å². The minimum Gasteiger partial charge on any atom is -0.368 e. The van der Waals surface area contributed by atoms with Gasteiger partial charge in [0.15, 0.2) is 0 Å². The lowest BCUT2D eigenvalue weighted by atomic mass is 10.2. The molecule has 0 radical (unpaired) electrons. The highest BCUT2D eigenvalue weighted by Gasteiger charge is 2.43. The number of fused-ring (bicyclic) bond motifs is 1. The van der Waals surface area contributed by atoms with Crippen LogP contribution in [-0.4, -0.2) is 72.6 Å². The highest BCUT2D eigenvalue weighted by atomic mass is 16.2. The largest absolute Gasteiger partial charge is 0.368 e. The van der Waals surface area contributed by atoms with Gasteiger partial charge in [0.05, 0.1) is 11.9 Å². The zero-order chi connectivity index (χ0) is 22.1. The lowest BCUT2D eigenvalue weighted by Gasteiger charge is -2.36. The smallest absolute Gasteiger partial charge is 0.292 e. The van der Waals surface area contributed by atoms with E-state index in [1.165, 1.54) is 12.8 Å². The first-order chi connectivity index (χ1) is 15.6. The van der Waals surface area contributed by atoms with Crippen molar-refractivity contribution in [2.75, 3.05) is 55.8 Å². The number of hydrogen-bond donors (Lipinski definition) is 3. The molecule has 3 aliphatic rings. The van der Waals surface area contributed by atoms with Crippen LogP contribution in [0.4, 0.5) is 17.3 Å². The van der Waals surface area contributed by atoms with E-state index in [2.05, 4.69) is 47.7 Å². The number of carbonyl (C=O) groups is 1. The fourth-order valence-electron chi connectivity index (χ4n) is 4.87. The van der Waals surface area contributed by atoms with Crippen LogP contribution in [0, 0.1) is 0 Å². The maximum Gasteiger partial charge on any atom is 0.292 e. The van der Waals surface area contributed by atoms with E-state index in [9.17, 15) is 4.79 Å². The molecular formula is C23H32N8O. The summed E-state index contributed by atoms with van der Waals surface area (Å²) in [7, 11) is 3.49. The molecule has 9 nitrogen and oxygen atoms in total. The maximum absolute atomic E-state index is 13.3. The second kappa shape index (κ2) is 8.46. The number of rotatable bonds is 5. The fraction of sp³-hybridized carbons (Fsp3) is 0.522. The Morgan fingerprint density at radius 3 is 2.66 bits per heavy atom. The van der Waals surface area contributed by atoms with E-state index in [-0.39, 0.29) is 5.91 Å². The van der Waals surface area contributed by atoms with Crippen LogP contribution >= 0.6 is 0 Å². The fourth-order valence-corrected chi connectivity index (χ4v) is 4.87. The Balaban J connectivity index is 1.42. The molecule has 1 unspecified atom stereocenters. The molecule has 9 heteroatoms. The van der Waals surface area contributed by atoms with Gasteiger partial charge in [-0.3, -0.25) is 4.79 Å². The number of anilines is 3. The standard InChI is InChI=1S/C23H32N8O/c1-29(2)22(32)23(27-20-8-7-19(16-25-20)30-13-10-24-11-14-30)26-15-17-9-12-31(21(17)28-23)18-5-3-4-6-18/h7-9,12,15-16,18,24,28H,3-6,10-11,13-14H2,1-2H3,(H,25,27). The number of piperazine rings is 1. The van der Waals surface area contributed by atoms with Gasteiger partial charge < -0.3 is 30.3 Å². The van der Waals surface area contributed by atoms with Gasteiger partial charge in [-0.05, 0) is 31.0 Å². The van der Waals surface area contributed by atoms with Crippen molar-refractivity contribution in [3.8, 4) is 0 Å². The number of aliphatic imine (C=N–C) groups is 1. The van der Waals surface area contributed by atoms with E-state index in [1.807, 2.05) is 18.3 Å². The van der Waals surface area contributed by atoms with Gasteiger partial charge in [0.2, 0.25) is 0 Å². The number of nitrogens with one attached hydrogen (secondary N) is 3. The van der Waals surface area contributed by atoms with Crippen molar-refractivity contribution in [2.24, 2.45) is 4.99 Å². The summed E-state index contributed by atoms with van der Waals surface area (Å²) in [6.07, 6.45) is 10.6. The zero-order valence-corrected chi connectivity index (χ0v) is 18.8. The van der Waals surface area contributed by atoms with Crippen molar-refractivity contribution < 1.29 is 4.79 Å². The molecule has 4 heterocycles. The number of aromatic nitrogens is 2. The average molecular weight is 437 g/mol. The molecule has 32 heavy (non-hydrogen) atoms. The molecule has 2 aliphatic heterocycles. The van der Waals surface area contributed by atoms with E-state index < -0.39 is 5.79 Å². The number of hydrogen-bond acceptors (Lipinski definition) is 7. The Labute approximate surface area is 188 Å². The van der Waals surface area contributed by atoms with Crippen molar-refractivity contribution in [1.82, 2.24) is 19.8 Å². The number of pyridine rings is 1. The van der Waals surface area contributed by atoms with Crippen LogP contribution < -0.4 is 20.9 Å². The van der Waals surface area contributed by atoms with E-state index in [0.29, 0.717) is 11.9 Å². The lowest BCUT2D eigenvalue weighted by molar-refractivity contribution is -0.132. The van der Waals surface area contributed by atoms with Crippen LogP contribution in [0.5, 0.6) is 0 Å². The monoisotopic (exact) mass is 436 g/mol. The summed E-state index contributed by atoms with van der Waals surface area (Å²) in [6.45, 7) is 3.87. The van der Waals surface area contributed by atoms with Crippen LogP contribution in [0.15, 0.2) is 35.6 Å². The molecule has 2 fully saturated rings. The van der Waals surface area contributed by atoms with Crippen LogP contribution in [0.25, 0.3) is 0 Å². The molecule has 1 amide bonds. The van der Waals surface area contributed by atoms with Crippen molar-refractivity contribution in [1.29, 1.82) is 0 Å². The quantitative estimate of drug-likeness (QED) is 0.665. The summed E-state index contributed by atoms with van der Waals surface area (Å²) >= 11 is 0. The molecule has 1 aliphatic carbocycles. The molecule has 2 aromatic rings. The normalized spacial score (nSPS) is 23.0. The van der Waals surface area contributed by atoms with Gasteiger partial charge in [-0.2, -0.15) is 0 Å². The highest BCUT2D eigenvalue weighted by Crippen LogP contribution is 2.36. The molecule has 1 saturated heterocycles. The van der Waals surface area contributed by atoms with Crippen LogP contribution in [0.3, 0.4) is 0 Å². The Kier molecular flexibility index (Phi) is 5.50. The summed E-state index contributed by atoms with van der Waals surface area (Å²) < 4.78 is 2.27. The molecule has 0 aromatic carbocycles. The van der Waals surface area contributed by atoms with Crippen LogP contribution in [0.2, 0.25) is 0 Å². The van der Waals surface area contributed by atoms with Crippen molar-refractivity contribution in [3.63, 3.8) is 0 Å². The lowest BCUT2D eigenvalue weighted by Crippen LogP contribution is -2.58. The van der Waals surface area contributed by atoms with Crippen molar-refractivity contribution in [2.45, 2.75) is 37.5 Å². The Hall–Kier alpha value is -3.07. The van der Waals surface area contributed by atoms with Crippen LogP contribution in [0.1, 0.15) is 37.3 Å². The second-order valence-electron chi connectivity index (χ2n) is 9.02. The molecule has 1 atom stereocenters. The summed E-state index contributed by atoms with van der Waals surface area (Å²) in [4.78, 5) is 26.5. The van der Waals surface area contributed by atoms with E-state index >= 15 is 0 Å². The maximum atomic E-state index is 13.3. The third-order valence-electron chi connectivity index (χ3n) is 6.62. The van der Waals surface area contributed by atoms with Gasteiger partial charge in [0.1, 0.15) is 11.6 Å². The molecule has 0 spiro atoms. The Bertz CT molecular complexity index is 986. The van der Waals surface area contributed by atoms with Crippen molar-refractivity contribution in [3.05, 3.63) is 36.2 Å². The summed E-state index contributed by atoms with van der Waals surface area (Å²) in [5.41, 5.74) is 2.09. The van der Waals surface area contributed by atoms with Gasteiger partial charge in [0.25, 0.3) is 11.7 Å². The Morgan fingerprint density at radius 1 is 1.19 bits per heavy atom. The third kappa shape index (κ3) is 3.81. The average Bonchev–Trinajstić information content (AvgIpc) is 3.49. The summed E-state index contributed by atoms with van der Waals surface area (Å²) in [5, 5.41) is 10.1. The van der Waals surface area contributed by atoms with E-state index in [0.717, 1.165) is 56.1 Å². The molecular weight excluding hydrogens is 404 g/mol. The zero-order valence-electron chi connectivity index (χ0n) is 18.8. The van der Waals surface area contributed by atoms with Gasteiger partial charge >= 0.3 is 0 Å². The van der Waals surface area contributed by atoms with E-state index in [4.69, 9.17) is 0 Å². The topological polar surface area (TPSA) is 89.8 Å². The number of carbonyl (C=O) groups excluding carboxylic acids is 1. The number of amides is 1. The molecule has 2 aromatic heterocycles. The summed E-state index contributed by atoms with van der Waals surface area (Å²) in [5.74, 6) is 0.0270. The summed E-state index contributed by atoms with van der Waals surface area (Å²) in [6, 6.07) is 6.49. The predicted molar refractivity (Wildman–Crippen MR) is 128 cm³/mol. The van der Waals surface area contributed by atoms with E-state index in [1.54, 1.807) is 25.2 Å². The highest BCUT2D eigenvalue weighted by molar-refractivity contribution is 5.99. The first kappa shape index (κ1) is 20.8. The van der Waals surface area contributed by atoms with Gasteiger partial charge in [-0.15, -0.1) is 0 Å². The molecule has 3 N–H and O–H groups in total. The molecule has 1 saturated carbocycles. The van der Waals surface area contributed by atoms with Gasteiger partial charge in [-0.25, -0.2) is 9.98 Å². The number of likely N-dealkylation sites (N-methyl/N-ethyl adjacent to an activating group) is 1.